The molecule has 0 saturated carbocycles. The topological polar surface area (TPSA) is 23.5 Å². The van der Waals surface area contributed by atoms with Crippen LogP contribution >= 0.6 is 0 Å². The minimum absolute atomic E-state index is 0.333. The molecule has 0 saturated heterocycles. The highest BCUT2D eigenvalue weighted by molar-refractivity contribution is 5.40. The first-order valence-corrected chi connectivity index (χ1v) is 6.68. The molecule has 0 aromatic heterocycles. The molecule has 17 heavy (non-hydrogen) atoms. The lowest BCUT2D eigenvalue weighted by atomic mass is 9.77. The third-order valence-corrected chi connectivity index (χ3v) is 3.69. The molecule has 1 unspecified atom stereocenters. The van der Waals surface area contributed by atoms with E-state index in [4.69, 9.17) is 5.11 Å². The highest BCUT2D eigenvalue weighted by Gasteiger charge is 2.25. The van der Waals surface area contributed by atoms with Crippen molar-refractivity contribution in [1.82, 2.24) is 4.90 Å². The summed E-state index contributed by atoms with van der Waals surface area (Å²) >= 11 is 0. The van der Waals surface area contributed by atoms with Crippen LogP contribution in [0.1, 0.15) is 36.3 Å². The standard InChI is InChI=1S/C15H23NO/c1-16(9-5-2-6-10-17)12-14-11-13-7-3-4-8-15(13)14/h3-4,7-8,14,17H,2,5-6,9-12H2,1H3. The van der Waals surface area contributed by atoms with Gasteiger partial charge in [0.05, 0.1) is 0 Å². The van der Waals surface area contributed by atoms with Crippen LogP contribution in [0.4, 0.5) is 0 Å². The average Bonchev–Trinajstić information content (AvgIpc) is 2.32. The van der Waals surface area contributed by atoms with Gasteiger partial charge in [0, 0.05) is 19.1 Å². The van der Waals surface area contributed by atoms with Crippen molar-refractivity contribution in [2.75, 3.05) is 26.7 Å². The Bertz CT molecular complexity index is 351. The van der Waals surface area contributed by atoms with E-state index < -0.39 is 0 Å². The molecule has 0 aliphatic heterocycles. The van der Waals surface area contributed by atoms with Gasteiger partial charge in [-0.15, -0.1) is 0 Å². The van der Waals surface area contributed by atoms with Gasteiger partial charge in [0.15, 0.2) is 0 Å². The largest absolute Gasteiger partial charge is 0.396 e. The van der Waals surface area contributed by atoms with Crippen LogP contribution < -0.4 is 0 Å². The lowest BCUT2D eigenvalue weighted by Gasteiger charge is -2.33. The number of benzene rings is 1. The molecule has 0 radical (unpaired) electrons. The molecule has 0 bridgehead atoms. The summed E-state index contributed by atoms with van der Waals surface area (Å²) in [5.41, 5.74) is 3.08. The van der Waals surface area contributed by atoms with Gasteiger partial charge in [0.25, 0.3) is 0 Å². The summed E-state index contributed by atoms with van der Waals surface area (Å²) < 4.78 is 0. The van der Waals surface area contributed by atoms with E-state index in [2.05, 4.69) is 36.2 Å². The van der Waals surface area contributed by atoms with Crippen molar-refractivity contribution in [2.45, 2.75) is 31.6 Å². The lowest BCUT2D eigenvalue weighted by Crippen LogP contribution is -2.31. The van der Waals surface area contributed by atoms with E-state index in [9.17, 15) is 0 Å². The number of hydrogen-bond acceptors (Lipinski definition) is 2. The number of aliphatic hydroxyl groups excluding tert-OH is 1. The fourth-order valence-corrected chi connectivity index (χ4v) is 2.66. The summed E-state index contributed by atoms with van der Waals surface area (Å²) in [5, 5.41) is 8.72. The van der Waals surface area contributed by atoms with Gasteiger partial charge in [-0.05, 0) is 50.4 Å². The zero-order valence-electron chi connectivity index (χ0n) is 10.7. The first-order chi connectivity index (χ1) is 8.31. The Labute approximate surface area is 104 Å². The van der Waals surface area contributed by atoms with Gasteiger partial charge in [-0.2, -0.15) is 0 Å². The quantitative estimate of drug-likeness (QED) is 0.731. The molecule has 1 aliphatic carbocycles. The summed E-state index contributed by atoms with van der Waals surface area (Å²) in [7, 11) is 2.21. The normalized spacial score (nSPS) is 17.9. The van der Waals surface area contributed by atoms with Crippen LogP contribution in [-0.4, -0.2) is 36.8 Å². The van der Waals surface area contributed by atoms with E-state index in [1.165, 1.54) is 24.9 Å². The second-order valence-corrected chi connectivity index (χ2v) is 5.15. The Kier molecular flexibility index (Phi) is 4.57. The number of rotatable bonds is 7. The Morgan fingerprint density at radius 2 is 2.06 bits per heavy atom. The second-order valence-electron chi connectivity index (χ2n) is 5.15. The third kappa shape index (κ3) is 3.30. The van der Waals surface area contributed by atoms with Gasteiger partial charge in [-0.3, -0.25) is 0 Å². The second kappa shape index (κ2) is 6.18. The molecule has 0 fully saturated rings. The average molecular weight is 233 g/mol. The molecule has 2 heteroatoms. The van der Waals surface area contributed by atoms with Crippen molar-refractivity contribution < 1.29 is 5.11 Å². The number of likely N-dealkylation sites (N-methyl/N-ethyl adjacent to an activating group) is 1. The predicted octanol–water partition coefficient (Wildman–Crippen LogP) is 2.42. The Morgan fingerprint density at radius 3 is 2.82 bits per heavy atom. The first-order valence-electron chi connectivity index (χ1n) is 6.68. The van der Waals surface area contributed by atoms with Crippen LogP contribution in [0.15, 0.2) is 24.3 Å². The Balaban J connectivity index is 1.69. The molecule has 0 spiro atoms. The molecule has 2 rings (SSSR count). The fraction of sp³-hybridized carbons (Fsp3) is 0.600. The van der Waals surface area contributed by atoms with Gasteiger partial charge < -0.3 is 10.0 Å². The highest BCUT2D eigenvalue weighted by Crippen LogP contribution is 2.34. The van der Waals surface area contributed by atoms with Crippen molar-refractivity contribution in [3.05, 3.63) is 35.4 Å². The predicted molar refractivity (Wildman–Crippen MR) is 71.3 cm³/mol. The molecule has 1 aromatic rings. The smallest absolute Gasteiger partial charge is 0.0431 e. The van der Waals surface area contributed by atoms with Crippen molar-refractivity contribution >= 4 is 0 Å². The lowest BCUT2D eigenvalue weighted by molar-refractivity contribution is 0.265. The molecule has 1 aliphatic rings. The third-order valence-electron chi connectivity index (χ3n) is 3.69. The van der Waals surface area contributed by atoms with Crippen LogP contribution in [0.2, 0.25) is 0 Å². The number of nitrogens with zero attached hydrogens (tertiary/aromatic N) is 1. The molecule has 0 amide bonds. The molecule has 1 N–H and O–H groups in total. The Hall–Kier alpha value is -0.860. The molecule has 1 aromatic carbocycles. The van der Waals surface area contributed by atoms with Crippen LogP contribution in [0.25, 0.3) is 0 Å². The van der Waals surface area contributed by atoms with Crippen LogP contribution in [0.5, 0.6) is 0 Å². The van der Waals surface area contributed by atoms with Crippen molar-refractivity contribution in [1.29, 1.82) is 0 Å². The van der Waals surface area contributed by atoms with E-state index in [-0.39, 0.29) is 0 Å². The zero-order valence-corrected chi connectivity index (χ0v) is 10.7. The van der Waals surface area contributed by atoms with E-state index in [1.807, 2.05) is 0 Å². The number of hydrogen-bond donors (Lipinski definition) is 1. The van der Waals surface area contributed by atoms with E-state index >= 15 is 0 Å². The van der Waals surface area contributed by atoms with Gasteiger partial charge in [-0.25, -0.2) is 0 Å². The van der Waals surface area contributed by atoms with Gasteiger partial charge >= 0.3 is 0 Å². The van der Waals surface area contributed by atoms with Gasteiger partial charge in [-0.1, -0.05) is 24.3 Å². The molecule has 0 heterocycles. The minimum atomic E-state index is 0.333. The molecule has 2 nitrogen and oxygen atoms in total. The van der Waals surface area contributed by atoms with Gasteiger partial charge in [0.2, 0.25) is 0 Å². The fourth-order valence-electron chi connectivity index (χ4n) is 2.66. The number of aliphatic hydroxyl groups is 1. The molecule has 1 atom stereocenters. The maximum Gasteiger partial charge on any atom is 0.0431 e. The Morgan fingerprint density at radius 1 is 1.24 bits per heavy atom. The summed E-state index contributed by atoms with van der Waals surface area (Å²) in [6.45, 7) is 2.66. The van der Waals surface area contributed by atoms with E-state index in [0.29, 0.717) is 6.61 Å². The van der Waals surface area contributed by atoms with Crippen LogP contribution in [0.3, 0.4) is 0 Å². The zero-order chi connectivity index (χ0) is 12.1. The van der Waals surface area contributed by atoms with Crippen LogP contribution in [-0.2, 0) is 6.42 Å². The summed E-state index contributed by atoms with van der Waals surface area (Å²) in [4.78, 5) is 2.43. The van der Waals surface area contributed by atoms with E-state index in [1.54, 1.807) is 5.56 Å². The summed E-state index contributed by atoms with van der Waals surface area (Å²) in [6.07, 6.45) is 4.53. The van der Waals surface area contributed by atoms with E-state index in [0.717, 1.165) is 25.3 Å². The highest BCUT2D eigenvalue weighted by atomic mass is 16.2. The van der Waals surface area contributed by atoms with Gasteiger partial charge in [0.1, 0.15) is 0 Å². The number of fused-ring (bicyclic) bond motifs is 1. The first kappa shape index (κ1) is 12.6. The SMILES string of the molecule is CN(CCCCCO)CC1Cc2ccccc21. The van der Waals surface area contributed by atoms with Crippen molar-refractivity contribution in [3.63, 3.8) is 0 Å². The maximum absolute atomic E-state index is 8.72. The monoisotopic (exact) mass is 233 g/mol. The molecular weight excluding hydrogens is 210 g/mol. The summed E-state index contributed by atoms with van der Waals surface area (Å²) in [5.74, 6) is 0.744. The van der Waals surface area contributed by atoms with Crippen LogP contribution in [0, 0.1) is 0 Å². The summed E-state index contributed by atoms with van der Waals surface area (Å²) in [6, 6.07) is 8.79. The minimum Gasteiger partial charge on any atom is -0.396 e. The maximum atomic E-state index is 8.72. The van der Waals surface area contributed by atoms with Crippen molar-refractivity contribution in [2.24, 2.45) is 0 Å². The van der Waals surface area contributed by atoms with Crippen molar-refractivity contribution in [3.8, 4) is 0 Å². The number of unbranched alkanes of at least 4 members (excludes halogenated alkanes) is 2. The molecule has 94 valence electrons. The molecular formula is C15H23NO.